The van der Waals surface area contributed by atoms with Crippen LogP contribution in [0.1, 0.15) is 11.1 Å². The molecule has 1 nitrogen and oxygen atoms in total. The predicted octanol–water partition coefficient (Wildman–Crippen LogP) is 3.96. The minimum Gasteiger partial charge on any atom is -0.497 e. The quantitative estimate of drug-likeness (QED) is 0.762. The number of hydrogen-bond acceptors (Lipinski definition) is 1. The van der Waals surface area contributed by atoms with Crippen LogP contribution in [0.2, 0.25) is 0 Å². The number of allylic oxidation sites excluding steroid dienone is 1. The molecule has 2 aromatic carbocycles. The van der Waals surface area contributed by atoms with E-state index in [1.807, 2.05) is 42.5 Å². The molecule has 0 unspecified atom stereocenters. The number of ether oxygens (including phenoxy) is 1. The van der Waals surface area contributed by atoms with Gasteiger partial charge in [-0.1, -0.05) is 54.6 Å². The van der Waals surface area contributed by atoms with Gasteiger partial charge in [0.25, 0.3) is 0 Å². The summed E-state index contributed by atoms with van der Waals surface area (Å²) in [6.07, 6.45) is 6.22. The number of benzene rings is 2. The lowest BCUT2D eigenvalue weighted by atomic mass is 10.1. The second-order valence-corrected chi connectivity index (χ2v) is 3.71. The van der Waals surface area contributed by atoms with Crippen LogP contribution in [0, 0.1) is 6.42 Å². The van der Waals surface area contributed by atoms with Gasteiger partial charge in [-0.15, -0.1) is 0 Å². The zero-order valence-corrected chi connectivity index (χ0v) is 9.84. The summed E-state index contributed by atoms with van der Waals surface area (Å²) in [6.45, 7) is 0. The van der Waals surface area contributed by atoms with E-state index >= 15 is 0 Å². The van der Waals surface area contributed by atoms with E-state index in [0.29, 0.717) is 0 Å². The summed E-state index contributed by atoms with van der Waals surface area (Å²) >= 11 is 0. The average molecular weight is 223 g/mol. The Bertz CT molecular complexity index is 469. The lowest BCUT2D eigenvalue weighted by Crippen LogP contribution is -1.81. The monoisotopic (exact) mass is 223 g/mol. The molecule has 17 heavy (non-hydrogen) atoms. The van der Waals surface area contributed by atoms with Gasteiger partial charge in [-0.05, 0) is 23.3 Å². The minimum atomic E-state index is 0.884. The molecule has 0 aliphatic carbocycles. The number of rotatable bonds is 4. The SMILES string of the molecule is COc1ccc(/C=C/[CH]c2ccccc2)cc1. The van der Waals surface area contributed by atoms with Gasteiger partial charge in [-0.25, -0.2) is 0 Å². The van der Waals surface area contributed by atoms with Gasteiger partial charge >= 0.3 is 0 Å². The fourth-order valence-corrected chi connectivity index (χ4v) is 1.55. The largest absolute Gasteiger partial charge is 0.497 e. The molecule has 85 valence electrons. The molecule has 2 rings (SSSR count). The summed E-state index contributed by atoms with van der Waals surface area (Å²) < 4.78 is 5.11. The van der Waals surface area contributed by atoms with Crippen LogP contribution in [0.3, 0.4) is 0 Å². The van der Waals surface area contributed by atoms with Crippen LogP contribution in [0.15, 0.2) is 60.7 Å². The van der Waals surface area contributed by atoms with Crippen molar-refractivity contribution in [3.63, 3.8) is 0 Å². The predicted molar refractivity (Wildman–Crippen MR) is 71.9 cm³/mol. The highest BCUT2D eigenvalue weighted by molar-refractivity contribution is 5.53. The molecule has 0 amide bonds. The first-order valence-electron chi connectivity index (χ1n) is 5.59. The zero-order chi connectivity index (χ0) is 11.9. The van der Waals surface area contributed by atoms with Crippen LogP contribution in [0.25, 0.3) is 6.08 Å². The first-order valence-corrected chi connectivity index (χ1v) is 5.59. The summed E-state index contributed by atoms with van der Waals surface area (Å²) in [4.78, 5) is 0. The van der Waals surface area contributed by atoms with Crippen molar-refractivity contribution in [2.45, 2.75) is 0 Å². The molecule has 0 saturated heterocycles. The van der Waals surface area contributed by atoms with Crippen LogP contribution in [0.4, 0.5) is 0 Å². The van der Waals surface area contributed by atoms with Gasteiger partial charge < -0.3 is 4.74 Å². The van der Waals surface area contributed by atoms with Gasteiger partial charge in [0, 0.05) is 6.42 Å². The van der Waals surface area contributed by atoms with Gasteiger partial charge in [0.15, 0.2) is 0 Å². The van der Waals surface area contributed by atoms with Crippen molar-refractivity contribution in [1.82, 2.24) is 0 Å². The van der Waals surface area contributed by atoms with Crippen LogP contribution in [-0.2, 0) is 0 Å². The smallest absolute Gasteiger partial charge is 0.118 e. The Balaban J connectivity index is 1.96. The van der Waals surface area contributed by atoms with Crippen molar-refractivity contribution in [2.24, 2.45) is 0 Å². The molecule has 0 atom stereocenters. The van der Waals surface area contributed by atoms with Crippen molar-refractivity contribution >= 4 is 6.08 Å². The molecule has 0 fully saturated rings. The molecular formula is C16H15O. The summed E-state index contributed by atoms with van der Waals surface area (Å²) in [5.74, 6) is 0.884. The normalized spacial score (nSPS) is 10.6. The first-order chi connectivity index (χ1) is 8.38. The van der Waals surface area contributed by atoms with E-state index < -0.39 is 0 Å². The van der Waals surface area contributed by atoms with Gasteiger partial charge in [0.2, 0.25) is 0 Å². The highest BCUT2D eigenvalue weighted by atomic mass is 16.5. The molecule has 0 aromatic heterocycles. The summed E-state index contributed by atoms with van der Waals surface area (Å²) in [5.41, 5.74) is 2.37. The standard InChI is InChI=1S/C16H15O/c1-17-16-12-10-15(11-13-16)9-5-8-14-6-3-2-4-7-14/h2-13H,1H3/b9-5+. The Labute approximate surface area is 102 Å². The minimum absolute atomic E-state index is 0.884. The summed E-state index contributed by atoms with van der Waals surface area (Å²) in [5, 5.41) is 0. The van der Waals surface area contributed by atoms with Crippen molar-refractivity contribution < 1.29 is 4.74 Å². The molecule has 2 aromatic rings. The van der Waals surface area contributed by atoms with E-state index in [1.165, 1.54) is 5.56 Å². The Morgan fingerprint density at radius 1 is 0.824 bits per heavy atom. The first kappa shape index (κ1) is 11.5. The lowest BCUT2D eigenvalue weighted by Gasteiger charge is -1.99. The van der Waals surface area contributed by atoms with Crippen molar-refractivity contribution in [3.8, 4) is 5.75 Å². The molecule has 0 spiro atoms. The molecule has 1 heteroatoms. The van der Waals surface area contributed by atoms with E-state index in [1.54, 1.807) is 7.11 Å². The van der Waals surface area contributed by atoms with Crippen LogP contribution in [0.5, 0.6) is 5.75 Å². The van der Waals surface area contributed by atoms with E-state index in [9.17, 15) is 0 Å². The van der Waals surface area contributed by atoms with E-state index in [4.69, 9.17) is 4.74 Å². The molecule has 0 saturated carbocycles. The third-order valence-corrected chi connectivity index (χ3v) is 2.49. The van der Waals surface area contributed by atoms with Crippen molar-refractivity contribution in [1.29, 1.82) is 0 Å². The van der Waals surface area contributed by atoms with Crippen LogP contribution >= 0.6 is 0 Å². The molecule has 0 heterocycles. The fraction of sp³-hybridized carbons (Fsp3) is 0.0625. The maximum absolute atomic E-state index is 5.11. The second-order valence-electron chi connectivity index (χ2n) is 3.71. The Hall–Kier alpha value is -2.02. The van der Waals surface area contributed by atoms with E-state index in [0.717, 1.165) is 11.3 Å². The molecule has 0 aliphatic heterocycles. The Morgan fingerprint density at radius 3 is 2.18 bits per heavy atom. The van der Waals surface area contributed by atoms with Gasteiger partial charge in [0.1, 0.15) is 5.75 Å². The lowest BCUT2D eigenvalue weighted by molar-refractivity contribution is 0.415. The van der Waals surface area contributed by atoms with Gasteiger partial charge in [-0.3, -0.25) is 0 Å². The summed E-state index contributed by atoms with van der Waals surface area (Å²) in [6, 6.07) is 18.2. The topological polar surface area (TPSA) is 9.23 Å². The van der Waals surface area contributed by atoms with Crippen LogP contribution < -0.4 is 4.74 Å². The van der Waals surface area contributed by atoms with E-state index in [2.05, 4.69) is 30.7 Å². The average Bonchev–Trinajstić information content (AvgIpc) is 2.41. The molecule has 0 bridgehead atoms. The molecule has 0 aliphatic rings. The second kappa shape index (κ2) is 5.90. The zero-order valence-electron chi connectivity index (χ0n) is 9.84. The van der Waals surface area contributed by atoms with Crippen molar-refractivity contribution in [2.75, 3.05) is 7.11 Å². The molecule has 0 N–H and O–H groups in total. The third-order valence-electron chi connectivity index (χ3n) is 2.49. The Morgan fingerprint density at radius 2 is 1.53 bits per heavy atom. The van der Waals surface area contributed by atoms with Gasteiger partial charge in [0.05, 0.1) is 7.11 Å². The fourth-order valence-electron chi connectivity index (χ4n) is 1.55. The third kappa shape index (κ3) is 3.49. The molecular weight excluding hydrogens is 208 g/mol. The summed E-state index contributed by atoms with van der Waals surface area (Å²) in [7, 11) is 1.67. The Kier molecular flexibility index (Phi) is 3.98. The van der Waals surface area contributed by atoms with E-state index in [-0.39, 0.29) is 0 Å². The highest BCUT2D eigenvalue weighted by Gasteiger charge is 1.90. The molecule has 1 radical (unpaired) electrons. The van der Waals surface area contributed by atoms with Crippen molar-refractivity contribution in [3.05, 3.63) is 78.2 Å². The van der Waals surface area contributed by atoms with Crippen LogP contribution in [-0.4, -0.2) is 7.11 Å². The highest BCUT2D eigenvalue weighted by Crippen LogP contribution is 2.13. The maximum atomic E-state index is 5.11. The van der Waals surface area contributed by atoms with Gasteiger partial charge in [-0.2, -0.15) is 0 Å². The number of methoxy groups -OCH3 is 1. The number of hydrogen-bond donors (Lipinski definition) is 0. The maximum Gasteiger partial charge on any atom is 0.118 e.